The molecule has 0 aromatic rings. The molecule has 65 heavy (non-hydrogen) atoms. The number of carbonyl (C=O) groups is 2. The van der Waals surface area contributed by atoms with Crippen LogP contribution < -0.4 is 0 Å². The van der Waals surface area contributed by atoms with Crippen LogP contribution in [0.3, 0.4) is 0 Å². The first-order valence-electron chi connectivity index (χ1n) is 22.4. The molecule has 0 aliphatic heterocycles. The van der Waals surface area contributed by atoms with Crippen molar-refractivity contribution in [2.45, 2.75) is 141 Å². The van der Waals surface area contributed by atoms with Gasteiger partial charge in [-0.25, -0.2) is 9.13 Å². The Hall–Kier alpha value is -3.56. The van der Waals surface area contributed by atoms with Crippen molar-refractivity contribution in [3.05, 3.63) is 122 Å². The fourth-order valence-corrected chi connectivity index (χ4v) is 6.27. The summed E-state index contributed by atoms with van der Waals surface area (Å²) in [5.74, 6) is -1.37. The third-order valence-electron chi connectivity index (χ3n) is 8.55. The standard InChI is InChI=1S/C48H76O15P2/c1-3-5-7-8-9-10-11-12-13-14-15-16-17-18-19-20-24-27-31-37-48(53)63-46(42-62-65(57,58)61-40-45(51)39-60-64(54,55)56)41-59-47(52)38-32-36-44(50)35-30-26-23-21-22-25-29-34-43(49)33-28-6-4-2/h5,7,9-10,12-13,15-16,18-19,22-27,29-30,34-35,43-46,49-51H,3-4,6,8,11,14,17,20-21,28,31-33,36-42H2,1-2H3,(H,57,58)(H2,54,55,56)/b7-5-,10-9-,13-12-,16-15-,19-18-,25-22-,26-23-,27-24-,34-29+,35-30+/t43-,44-,45-,46+/m0/s1. The molecule has 0 aliphatic rings. The number of hydrogen-bond acceptors (Lipinski definition) is 12. The van der Waals surface area contributed by atoms with Crippen molar-refractivity contribution >= 4 is 27.6 Å². The summed E-state index contributed by atoms with van der Waals surface area (Å²) in [5.41, 5.74) is 0. The van der Waals surface area contributed by atoms with E-state index in [2.05, 4.69) is 71.5 Å². The molecule has 1 unspecified atom stereocenters. The van der Waals surface area contributed by atoms with E-state index >= 15 is 0 Å². The summed E-state index contributed by atoms with van der Waals surface area (Å²) in [4.78, 5) is 52.7. The molecule has 6 N–H and O–H groups in total. The molecular formula is C48H76O15P2. The predicted molar refractivity (Wildman–Crippen MR) is 255 cm³/mol. The number of aliphatic hydroxyl groups excluding tert-OH is 3. The van der Waals surface area contributed by atoms with Gasteiger partial charge in [0.2, 0.25) is 0 Å². The Morgan fingerprint density at radius 3 is 1.52 bits per heavy atom. The van der Waals surface area contributed by atoms with Crippen molar-refractivity contribution in [2.75, 3.05) is 26.4 Å². The molecule has 0 aromatic carbocycles. The van der Waals surface area contributed by atoms with Crippen LogP contribution in [0.2, 0.25) is 0 Å². The minimum atomic E-state index is -4.90. The molecule has 368 valence electrons. The zero-order valence-corrected chi connectivity index (χ0v) is 40.0. The fraction of sp³-hybridized carbons (Fsp3) is 0.542. The number of esters is 2. The Labute approximate surface area is 387 Å². The highest BCUT2D eigenvalue weighted by molar-refractivity contribution is 7.47. The van der Waals surface area contributed by atoms with Gasteiger partial charge in [-0.1, -0.05) is 155 Å². The lowest BCUT2D eigenvalue weighted by Crippen LogP contribution is -2.30. The van der Waals surface area contributed by atoms with Crippen molar-refractivity contribution in [1.29, 1.82) is 0 Å². The van der Waals surface area contributed by atoms with Gasteiger partial charge in [0, 0.05) is 12.8 Å². The van der Waals surface area contributed by atoms with Crippen molar-refractivity contribution in [3.63, 3.8) is 0 Å². The molecule has 0 spiro atoms. The first kappa shape index (κ1) is 61.4. The average Bonchev–Trinajstić information content (AvgIpc) is 3.26. The lowest BCUT2D eigenvalue weighted by molar-refractivity contribution is -0.161. The number of phosphoric acid groups is 2. The van der Waals surface area contributed by atoms with Gasteiger partial charge in [-0.3, -0.25) is 23.2 Å². The highest BCUT2D eigenvalue weighted by Gasteiger charge is 2.28. The molecule has 17 heteroatoms. The summed E-state index contributed by atoms with van der Waals surface area (Å²) in [6, 6.07) is 0. The molecule has 0 radical (unpaired) electrons. The quantitative estimate of drug-likeness (QED) is 0.0110. The number of allylic oxidation sites excluding steroid dienone is 18. The first-order chi connectivity index (χ1) is 31.2. The Morgan fingerprint density at radius 1 is 0.523 bits per heavy atom. The highest BCUT2D eigenvalue weighted by Crippen LogP contribution is 2.43. The number of phosphoric ester groups is 2. The van der Waals surface area contributed by atoms with E-state index in [4.69, 9.17) is 23.8 Å². The van der Waals surface area contributed by atoms with Crippen molar-refractivity contribution in [2.24, 2.45) is 0 Å². The maximum atomic E-state index is 12.7. The zero-order valence-electron chi connectivity index (χ0n) is 38.3. The molecule has 0 bridgehead atoms. The van der Waals surface area contributed by atoms with Crippen LogP contribution in [0.4, 0.5) is 0 Å². The van der Waals surface area contributed by atoms with Gasteiger partial charge in [0.25, 0.3) is 0 Å². The second-order valence-electron chi connectivity index (χ2n) is 14.6. The maximum absolute atomic E-state index is 12.7. The van der Waals surface area contributed by atoms with Gasteiger partial charge in [0.1, 0.15) is 12.7 Å². The molecule has 0 aromatic heterocycles. The molecule has 0 fully saturated rings. The number of rotatable bonds is 40. The van der Waals surface area contributed by atoms with E-state index in [1.54, 1.807) is 24.3 Å². The summed E-state index contributed by atoms with van der Waals surface area (Å²) in [6.45, 7) is 1.18. The minimum Gasteiger partial charge on any atom is -0.462 e. The van der Waals surface area contributed by atoms with Crippen LogP contribution in [0.15, 0.2) is 122 Å². The van der Waals surface area contributed by atoms with Gasteiger partial charge in [-0.15, -0.1) is 0 Å². The third-order valence-corrected chi connectivity index (χ3v) is 9.98. The Bertz CT molecular complexity index is 1640. The van der Waals surface area contributed by atoms with Crippen molar-refractivity contribution in [1.82, 2.24) is 0 Å². The minimum absolute atomic E-state index is 0.0510. The smallest absolute Gasteiger partial charge is 0.462 e. The maximum Gasteiger partial charge on any atom is 0.472 e. The summed E-state index contributed by atoms with van der Waals surface area (Å²) >= 11 is 0. The fourth-order valence-electron chi connectivity index (χ4n) is 5.12. The van der Waals surface area contributed by atoms with Gasteiger partial charge < -0.3 is 39.5 Å². The Kier molecular flexibility index (Phi) is 39.5. The lowest BCUT2D eigenvalue weighted by atomic mass is 10.1. The number of carbonyl (C=O) groups excluding carboxylic acids is 2. The van der Waals surface area contributed by atoms with Gasteiger partial charge >= 0.3 is 27.6 Å². The summed E-state index contributed by atoms with van der Waals surface area (Å²) in [6.07, 6.45) is 45.6. The first-order valence-corrected chi connectivity index (χ1v) is 25.5. The SMILES string of the molecule is CC/C=C\C/C=C\C/C=C\C/C=C\C/C=C\C/C=C\CCC(=O)O[C@H](COC(=O)CCC[C@@H](O)/C=C/C=C\C/C=C\C=C\[C@@H](O)CCCCC)COP(=O)(O)OC[C@@H](O)COP(=O)(O)O. The number of unbranched alkanes of at least 4 members (excludes halogenated alkanes) is 2. The van der Waals surface area contributed by atoms with Crippen LogP contribution in [-0.4, -0.2) is 92.8 Å². The lowest BCUT2D eigenvalue weighted by Gasteiger charge is -2.20. The number of aliphatic hydroxyl groups is 3. The average molecular weight is 955 g/mol. The highest BCUT2D eigenvalue weighted by atomic mass is 31.2. The van der Waals surface area contributed by atoms with Crippen LogP contribution in [-0.2, 0) is 41.8 Å². The topological polar surface area (TPSA) is 236 Å². The second kappa shape index (κ2) is 41.8. The molecule has 0 rings (SSSR count). The van der Waals surface area contributed by atoms with Crippen molar-refractivity contribution in [3.8, 4) is 0 Å². The monoisotopic (exact) mass is 954 g/mol. The Balaban J connectivity index is 4.87. The van der Waals surface area contributed by atoms with Crippen LogP contribution in [0, 0.1) is 0 Å². The zero-order chi connectivity index (χ0) is 48.3. The van der Waals surface area contributed by atoms with Gasteiger partial charge in [0.15, 0.2) is 6.10 Å². The van der Waals surface area contributed by atoms with Crippen LogP contribution >= 0.6 is 15.6 Å². The van der Waals surface area contributed by atoms with E-state index in [9.17, 15) is 38.9 Å². The molecule has 15 nitrogen and oxygen atoms in total. The van der Waals surface area contributed by atoms with E-state index < -0.39 is 78.4 Å². The van der Waals surface area contributed by atoms with Crippen LogP contribution in [0.1, 0.15) is 117 Å². The summed E-state index contributed by atoms with van der Waals surface area (Å²) < 4.78 is 47.5. The van der Waals surface area contributed by atoms with E-state index in [0.717, 1.165) is 57.8 Å². The molecule has 0 saturated heterocycles. The van der Waals surface area contributed by atoms with Crippen LogP contribution in [0.25, 0.3) is 0 Å². The third kappa shape index (κ3) is 45.4. The van der Waals surface area contributed by atoms with Crippen LogP contribution in [0.5, 0.6) is 0 Å². The molecule has 0 aliphatic carbocycles. The summed E-state index contributed by atoms with van der Waals surface area (Å²) in [5, 5.41) is 29.9. The van der Waals surface area contributed by atoms with Crippen molar-refractivity contribution < 1.29 is 71.8 Å². The molecule has 5 atom stereocenters. The largest absolute Gasteiger partial charge is 0.472 e. The predicted octanol–water partition coefficient (Wildman–Crippen LogP) is 9.61. The van der Waals surface area contributed by atoms with E-state index in [-0.39, 0.29) is 25.7 Å². The van der Waals surface area contributed by atoms with E-state index in [1.165, 1.54) is 0 Å². The van der Waals surface area contributed by atoms with Gasteiger partial charge in [-0.2, -0.15) is 0 Å². The molecular weight excluding hydrogens is 878 g/mol. The molecule has 0 amide bonds. The Morgan fingerprint density at radius 2 is 1.00 bits per heavy atom. The number of ether oxygens (including phenoxy) is 2. The summed E-state index contributed by atoms with van der Waals surface area (Å²) in [7, 11) is -9.80. The normalized spacial score (nSPS) is 16.0. The van der Waals surface area contributed by atoms with Gasteiger partial charge in [-0.05, 0) is 70.6 Å². The van der Waals surface area contributed by atoms with E-state index in [1.807, 2.05) is 48.6 Å². The van der Waals surface area contributed by atoms with Gasteiger partial charge in [0.05, 0.1) is 32.0 Å². The second-order valence-corrected chi connectivity index (χ2v) is 17.3. The number of hydrogen-bond donors (Lipinski definition) is 6. The van der Waals surface area contributed by atoms with E-state index in [0.29, 0.717) is 19.3 Å². The molecule has 0 heterocycles. The molecule has 0 saturated carbocycles.